The van der Waals surface area contributed by atoms with E-state index in [2.05, 4.69) is 27.8 Å². The fourth-order valence-electron chi connectivity index (χ4n) is 3.84. The number of nitrogens with zero attached hydrogens (tertiary/aromatic N) is 2. The summed E-state index contributed by atoms with van der Waals surface area (Å²) in [5, 5.41) is 0. The number of amides is 1. The van der Waals surface area contributed by atoms with Gasteiger partial charge in [0.25, 0.3) is 5.91 Å². The molecule has 0 bridgehead atoms. The number of carbonyl (C=O) groups excluding carboxylic acids is 1. The van der Waals surface area contributed by atoms with Gasteiger partial charge in [0.15, 0.2) is 6.61 Å². The van der Waals surface area contributed by atoms with Crippen LogP contribution in [0, 0.1) is 5.92 Å². The summed E-state index contributed by atoms with van der Waals surface area (Å²) >= 11 is 3.39. The smallest absolute Gasteiger partial charge is 0.260 e. The van der Waals surface area contributed by atoms with Crippen molar-refractivity contribution in [1.82, 2.24) is 9.80 Å². The molecule has 24 heavy (non-hydrogen) atoms. The van der Waals surface area contributed by atoms with Crippen molar-refractivity contribution in [3.63, 3.8) is 0 Å². The second-order valence-electron chi connectivity index (χ2n) is 7.08. The van der Waals surface area contributed by atoms with E-state index in [4.69, 9.17) is 4.74 Å². The molecule has 1 aliphatic carbocycles. The molecule has 0 spiro atoms. The van der Waals surface area contributed by atoms with E-state index in [1.165, 1.54) is 25.7 Å². The second-order valence-corrected chi connectivity index (χ2v) is 8.00. The minimum Gasteiger partial charge on any atom is -0.484 e. The highest BCUT2D eigenvalue weighted by Gasteiger charge is 2.28. The predicted molar refractivity (Wildman–Crippen MR) is 99.2 cm³/mol. The third-order valence-corrected chi connectivity index (χ3v) is 5.80. The fourth-order valence-corrected chi connectivity index (χ4v) is 4.10. The summed E-state index contributed by atoms with van der Waals surface area (Å²) in [5.74, 6) is 1.68. The van der Waals surface area contributed by atoms with Crippen LogP contribution in [0.2, 0.25) is 0 Å². The molecule has 4 nitrogen and oxygen atoms in total. The summed E-state index contributed by atoms with van der Waals surface area (Å²) in [6.07, 6.45) is 5.37. The maximum atomic E-state index is 12.3. The van der Waals surface area contributed by atoms with Crippen LogP contribution in [0.15, 0.2) is 28.7 Å². The van der Waals surface area contributed by atoms with Crippen molar-refractivity contribution in [2.45, 2.75) is 38.6 Å². The van der Waals surface area contributed by atoms with Crippen molar-refractivity contribution >= 4 is 21.8 Å². The number of hydrogen-bond acceptors (Lipinski definition) is 3. The molecule has 2 aliphatic rings. The van der Waals surface area contributed by atoms with E-state index < -0.39 is 0 Å². The Labute approximate surface area is 153 Å². The molecular formula is C19H27BrN2O2. The van der Waals surface area contributed by atoms with Gasteiger partial charge in [-0.3, -0.25) is 9.69 Å². The summed E-state index contributed by atoms with van der Waals surface area (Å²) in [6.45, 7) is 6.15. The van der Waals surface area contributed by atoms with Gasteiger partial charge in [-0.05, 0) is 43.0 Å². The maximum absolute atomic E-state index is 12.3. The van der Waals surface area contributed by atoms with Crippen molar-refractivity contribution in [3.05, 3.63) is 28.7 Å². The summed E-state index contributed by atoms with van der Waals surface area (Å²) in [7, 11) is 0. The number of halogens is 1. The third kappa shape index (κ3) is 4.73. The lowest BCUT2D eigenvalue weighted by Gasteiger charge is -2.42. The van der Waals surface area contributed by atoms with E-state index >= 15 is 0 Å². The van der Waals surface area contributed by atoms with Crippen molar-refractivity contribution in [3.8, 4) is 5.75 Å². The standard InChI is InChI=1S/C19H27BrN2O2/c1-15-3-2-4-17(13-15)21-9-11-22(12-10-21)19(23)14-24-18-7-5-16(20)6-8-18/h5-8,15,17H,2-4,9-14H2,1H3/t15-,17+/m1/s1. The lowest BCUT2D eigenvalue weighted by molar-refractivity contribution is -0.135. The van der Waals surface area contributed by atoms with Gasteiger partial charge >= 0.3 is 0 Å². The predicted octanol–water partition coefficient (Wildman–Crippen LogP) is 3.55. The van der Waals surface area contributed by atoms with Gasteiger partial charge in [0, 0.05) is 36.7 Å². The van der Waals surface area contributed by atoms with Crippen LogP contribution < -0.4 is 4.74 Å². The Morgan fingerprint density at radius 1 is 1.17 bits per heavy atom. The molecule has 2 atom stereocenters. The highest BCUT2D eigenvalue weighted by atomic mass is 79.9. The molecule has 0 aromatic heterocycles. The van der Waals surface area contributed by atoms with E-state index in [-0.39, 0.29) is 12.5 Å². The molecule has 0 radical (unpaired) electrons. The van der Waals surface area contributed by atoms with Gasteiger partial charge in [-0.2, -0.15) is 0 Å². The average Bonchev–Trinajstić information content (AvgIpc) is 2.61. The molecule has 1 saturated heterocycles. The lowest BCUT2D eigenvalue weighted by Crippen LogP contribution is -2.53. The van der Waals surface area contributed by atoms with Gasteiger partial charge < -0.3 is 9.64 Å². The molecule has 5 heteroatoms. The lowest BCUT2D eigenvalue weighted by atomic mass is 9.86. The Balaban J connectivity index is 1.42. The zero-order chi connectivity index (χ0) is 16.9. The minimum absolute atomic E-state index is 0.0922. The van der Waals surface area contributed by atoms with E-state index in [0.29, 0.717) is 0 Å². The molecule has 1 saturated carbocycles. The van der Waals surface area contributed by atoms with Gasteiger partial charge in [-0.1, -0.05) is 35.7 Å². The third-order valence-electron chi connectivity index (χ3n) is 5.27. The number of piperazine rings is 1. The SMILES string of the molecule is C[C@@H]1CCC[C@H](N2CCN(C(=O)COc3ccc(Br)cc3)CC2)C1. The molecular weight excluding hydrogens is 368 g/mol. The van der Waals surface area contributed by atoms with E-state index in [1.54, 1.807) is 0 Å². The molecule has 1 aromatic carbocycles. The topological polar surface area (TPSA) is 32.8 Å². The molecule has 3 rings (SSSR count). The fraction of sp³-hybridized carbons (Fsp3) is 0.632. The quantitative estimate of drug-likeness (QED) is 0.782. The molecule has 1 aromatic rings. The van der Waals surface area contributed by atoms with Crippen LogP contribution in [-0.2, 0) is 4.79 Å². The summed E-state index contributed by atoms with van der Waals surface area (Å²) in [4.78, 5) is 16.9. The van der Waals surface area contributed by atoms with E-state index in [1.807, 2.05) is 29.2 Å². The normalized spacial score (nSPS) is 25.5. The molecule has 1 aliphatic heterocycles. The first-order valence-electron chi connectivity index (χ1n) is 9.02. The van der Waals surface area contributed by atoms with Crippen LogP contribution in [0.3, 0.4) is 0 Å². The zero-order valence-electron chi connectivity index (χ0n) is 14.4. The summed E-state index contributed by atoms with van der Waals surface area (Å²) in [5.41, 5.74) is 0. The van der Waals surface area contributed by atoms with E-state index in [0.717, 1.165) is 48.4 Å². The number of hydrogen-bond donors (Lipinski definition) is 0. The Morgan fingerprint density at radius 2 is 1.88 bits per heavy atom. The first-order chi connectivity index (χ1) is 11.6. The minimum atomic E-state index is 0.0922. The molecule has 1 amide bonds. The Morgan fingerprint density at radius 3 is 2.54 bits per heavy atom. The number of ether oxygens (including phenoxy) is 1. The van der Waals surface area contributed by atoms with Gasteiger partial charge in [0.05, 0.1) is 0 Å². The van der Waals surface area contributed by atoms with Crippen molar-refractivity contribution in [2.24, 2.45) is 5.92 Å². The molecule has 132 valence electrons. The summed E-state index contributed by atoms with van der Waals surface area (Å²) in [6, 6.07) is 8.32. The average molecular weight is 395 g/mol. The van der Waals surface area contributed by atoms with Crippen molar-refractivity contribution in [2.75, 3.05) is 32.8 Å². The van der Waals surface area contributed by atoms with E-state index in [9.17, 15) is 4.79 Å². The second kappa shape index (κ2) is 8.34. The van der Waals surface area contributed by atoms with Crippen LogP contribution in [0.5, 0.6) is 5.75 Å². The van der Waals surface area contributed by atoms with Crippen LogP contribution in [0.25, 0.3) is 0 Å². The Kier molecular flexibility index (Phi) is 6.17. The number of rotatable bonds is 4. The maximum Gasteiger partial charge on any atom is 0.260 e. The highest BCUT2D eigenvalue weighted by molar-refractivity contribution is 9.10. The first-order valence-corrected chi connectivity index (χ1v) is 9.81. The monoisotopic (exact) mass is 394 g/mol. The molecule has 0 unspecified atom stereocenters. The van der Waals surface area contributed by atoms with Crippen molar-refractivity contribution < 1.29 is 9.53 Å². The van der Waals surface area contributed by atoms with Gasteiger partial charge in [0.1, 0.15) is 5.75 Å². The van der Waals surface area contributed by atoms with Crippen LogP contribution in [0.4, 0.5) is 0 Å². The molecule has 0 N–H and O–H groups in total. The van der Waals surface area contributed by atoms with Crippen molar-refractivity contribution in [1.29, 1.82) is 0 Å². The molecule has 2 fully saturated rings. The van der Waals surface area contributed by atoms with Gasteiger partial charge in [-0.15, -0.1) is 0 Å². The number of benzene rings is 1. The van der Waals surface area contributed by atoms with Crippen LogP contribution in [-0.4, -0.2) is 54.5 Å². The number of carbonyl (C=O) groups is 1. The molecule has 1 heterocycles. The summed E-state index contributed by atoms with van der Waals surface area (Å²) < 4.78 is 6.62. The van der Waals surface area contributed by atoms with Gasteiger partial charge in [0.2, 0.25) is 0 Å². The van der Waals surface area contributed by atoms with Crippen LogP contribution in [0.1, 0.15) is 32.6 Å². The highest BCUT2D eigenvalue weighted by Crippen LogP contribution is 2.28. The first kappa shape index (κ1) is 17.7. The zero-order valence-corrected chi connectivity index (χ0v) is 16.0. The van der Waals surface area contributed by atoms with Crippen LogP contribution >= 0.6 is 15.9 Å². The Bertz CT molecular complexity index is 541. The largest absolute Gasteiger partial charge is 0.484 e. The Hall–Kier alpha value is -1.07. The van der Waals surface area contributed by atoms with Gasteiger partial charge in [-0.25, -0.2) is 0 Å².